The molecule has 1 amide bonds. The van der Waals surface area contributed by atoms with E-state index in [0.717, 1.165) is 11.1 Å². The van der Waals surface area contributed by atoms with Gasteiger partial charge in [-0.25, -0.2) is 9.97 Å². The average molecular weight is 542 g/mol. The van der Waals surface area contributed by atoms with Crippen molar-refractivity contribution < 1.29 is 22.7 Å². The van der Waals surface area contributed by atoms with E-state index in [1.54, 1.807) is 30.6 Å². The molecule has 0 saturated carbocycles. The first-order valence-electron chi connectivity index (χ1n) is 12.9. The first kappa shape index (κ1) is 28.4. The number of halogens is 3. The lowest BCUT2D eigenvalue weighted by Crippen LogP contribution is -2.33. The van der Waals surface area contributed by atoms with E-state index in [0.29, 0.717) is 31.9 Å². The summed E-state index contributed by atoms with van der Waals surface area (Å²) >= 11 is 0. The van der Waals surface area contributed by atoms with Crippen molar-refractivity contribution in [3.8, 4) is 5.75 Å². The summed E-state index contributed by atoms with van der Waals surface area (Å²) in [6.45, 7) is 7.41. The van der Waals surface area contributed by atoms with Crippen LogP contribution in [0.25, 0.3) is 0 Å². The van der Waals surface area contributed by atoms with Crippen molar-refractivity contribution >= 4 is 11.9 Å². The van der Waals surface area contributed by atoms with E-state index in [2.05, 4.69) is 70.0 Å². The number of hydrogen-bond acceptors (Lipinski definition) is 6. The fraction of sp³-hybridized carbons (Fsp3) is 0.414. The lowest BCUT2D eigenvalue weighted by atomic mass is 9.86. The highest BCUT2D eigenvalue weighted by atomic mass is 19.4. The lowest BCUT2D eigenvalue weighted by molar-refractivity contribution is -0.274. The standard InChI is InChI=1S/C29H34F3N5O2/c1-28(2,3)22-10-8-21(9-11-22)25-36(4)24(14-18-35-27-33-16-5-17-34-27)26(38)37(25)19-15-20-6-12-23(13-7-20)39-29(30,31)32/h5-13,16-17,24-25H,14-15,18-19H2,1-4H3,(H,33,34,35)/t24-,25+/m1/s1. The number of carbonyl (C=O) groups is 1. The Kier molecular flexibility index (Phi) is 8.44. The fourth-order valence-electron chi connectivity index (χ4n) is 4.82. The quantitative estimate of drug-likeness (QED) is 0.383. The van der Waals surface area contributed by atoms with Gasteiger partial charge in [0.2, 0.25) is 11.9 Å². The zero-order valence-electron chi connectivity index (χ0n) is 22.6. The van der Waals surface area contributed by atoms with Gasteiger partial charge in [0, 0.05) is 25.5 Å². The van der Waals surface area contributed by atoms with Gasteiger partial charge in [-0.15, -0.1) is 13.2 Å². The van der Waals surface area contributed by atoms with Gasteiger partial charge in [0.25, 0.3) is 0 Å². The van der Waals surface area contributed by atoms with Gasteiger partial charge in [0.05, 0.1) is 6.04 Å². The van der Waals surface area contributed by atoms with Gasteiger partial charge in [-0.05, 0) is 60.2 Å². The summed E-state index contributed by atoms with van der Waals surface area (Å²) in [5.74, 6) is 0.250. The van der Waals surface area contributed by atoms with Gasteiger partial charge in [0.15, 0.2) is 0 Å². The number of nitrogens with one attached hydrogen (secondary N) is 1. The summed E-state index contributed by atoms with van der Waals surface area (Å²) in [6.07, 6.45) is -0.640. The highest BCUT2D eigenvalue weighted by molar-refractivity contribution is 5.84. The van der Waals surface area contributed by atoms with Gasteiger partial charge < -0.3 is 15.0 Å². The molecule has 39 heavy (non-hydrogen) atoms. The zero-order chi connectivity index (χ0) is 28.2. The summed E-state index contributed by atoms with van der Waals surface area (Å²) in [4.78, 5) is 26.0. The molecule has 0 spiro atoms. The molecule has 1 aliphatic rings. The Morgan fingerprint density at radius 3 is 2.21 bits per heavy atom. The highest BCUT2D eigenvalue weighted by Crippen LogP contribution is 2.36. The Labute approximate surface area is 227 Å². The molecule has 1 N–H and O–H groups in total. The molecule has 7 nitrogen and oxygen atoms in total. The molecule has 1 aromatic heterocycles. The zero-order valence-corrected chi connectivity index (χ0v) is 22.6. The van der Waals surface area contributed by atoms with Crippen LogP contribution in [0.15, 0.2) is 67.0 Å². The first-order valence-corrected chi connectivity index (χ1v) is 12.9. The Hall–Kier alpha value is -3.66. The highest BCUT2D eigenvalue weighted by Gasteiger charge is 2.44. The number of amides is 1. The Bertz CT molecular complexity index is 1230. The van der Waals surface area contributed by atoms with Crippen molar-refractivity contribution in [3.05, 3.63) is 83.7 Å². The van der Waals surface area contributed by atoms with Crippen LogP contribution in [-0.4, -0.2) is 58.2 Å². The molecule has 0 unspecified atom stereocenters. The molecular weight excluding hydrogens is 507 g/mol. The molecule has 2 aromatic carbocycles. The van der Waals surface area contributed by atoms with E-state index < -0.39 is 6.36 Å². The predicted molar refractivity (Wildman–Crippen MR) is 143 cm³/mol. The monoisotopic (exact) mass is 541 g/mol. The van der Waals surface area contributed by atoms with Crippen molar-refractivity contribution in [3.63, 3.8) is 0 Å². The number of ether oxygens (including phenoxy) is 1. The molecular formula is C29H34F3N5O2. The van der Waals surface area contributed by atoms with Crippen LogP contribution in [0.2, 0.25) is 0 Å². The Morgan fingerprint density at radius 2 is 1.62 bits per heavy atom. The third-order valence-electron chi connectivity index (χ3n) is 6.88. The van der Waals surface area contributed by atoms with Crippen LogP contribution in [-0.2, 0) is 16.6 Å². The number of benzene rings is 2. The Balaban J connectivity index is 1.51. The summed E-state index contributed by atoms with van der Waals surface area (Å²) in [5.41, 5.74) is 3.03. The summed E-state index contributed by atoms with van der Waals surface area (Å²) in [7, 11) is 1.95. The van der Waals surface area contributed by atoms with E-state index in [9.17, 15) is 18.0 Å². The van der Waals surface area contributed by atoms with E-state index in [1.807, 2.05) is 11.9 Å². The van der Waals surface area contributed by atoms with Gasteiger partial charge >= 0.3 is 6.36 Å². The molecule has 0 aliphatic carbocycles. The van der Waals surface area contributed by atoms with E-state index in [4.69, 9.17) is 0 Å². The van der Waals surface area contributed by atoms with Gasteiger partial charge in [0.1, 0.15) is 11.9 Å². The second-order valence-corrected chi connectivity index (χ2v) is 10.7. The van der Waals surface area contributed by atoms with E-state index in [-0.39, 0.29) is 29.3 Å². The number of alkyl halides is 3. The number of aromatic nitrogens is 2. The van der Waals surface area contributed by atoms with E-state index in [1.165, 1.54) is 17.7 Å². The summed E-state index contributed by atoms with van der Waals surface area (Å²) in [6, 6.07) is 15.5. The van der Waals surface area contributed by atoms with Gasteiger partial charge in [-0.1, -0.05) is 57.2 Å². The van der Waals surface area contributed by atoms with Crippen molar-refractivity contribution in [1.29, 1.82) is 0 Å². The molecule has 2 atom stereocenters. The molecule has 10 heteroatoms. The molecule has 1 aliphatic heterocycles. The number of rotatable bonds is 9. The number of carbonyl (C=O) groups excluding carboxylic acids is 1. The normalized spacial score (nSPS) is 18.4. The maximum absolute atomic E-state index is 13.7. The lowest BCUT2D eigenvalue weighted by Gasteiger charge is -2.30. The molecule has 2 heterocycles. The third kappa shape index (κ3) is 7.26. The third-order valence-corrected chi connectivity index (χ3v) is 6.88. The minimum absolute atomic E-state index is 0.00528. The van der Waals surface area contributed by atoms with E-state index >= 15 is 0 Å². The second kappa shape index (κ2) is 11.6. The number of anilines is 1. The first-order chi connectivity index (χ1) is 18.4. The fourth-order valence-corrected chi connectivity index (χ4v) is 4.82. The average Bonchev–Trinajstić information content (AvgIpc) is 3.12. The van der Waals surface area contributed by atoms with Crippen molar-refractivity contribution in [2.24, 2.45) is 0 Å². The molecule has 3 aromatic rings. The predicted octanol–water partition coefficient (Wildman–Crippen LogP) is 5.56. The molecule has 1 saturated heterocycles. The molecule has 0 radical (unpaired) electrons. The summed E-state index contributed by atoms with van der Waals surface area (Å²) < 4.78 is 41.5. The number of hydrogen-bond donors (Lipinski definition) is 1. The molecule has 0 bridgehead atoms. The van der Waals surface area contributed by atoms with Crippen LogP contribution < -0.4 is 10.1 Å². The van der Waals surface area contributed by atoms with Crippen molar-refractivity contribution in [2.75, 3.05) is 25.5 Å². The van der Waals surface area contributed by atoms with Crippen molar-refractivity contribution in [2.45, 2.75) is 57.6 Å². The molecule has 4 rings (SSSR count). The molecule has 1 fully saturated rings. The SMILES string of the molecule is CN1[C@H](CCNc2ncccn2)C(=O)N(CCc2ccc(OC(F)(F)F)cc2)[C@H]1c1ccc(C(C)(C)C)cc1. The maximum atomic E-state index is 13.7. The van der Waals surface area contributed by atoms with Crippen molar-refractivity contribution in [1.82, 2.24) is 19.8 Å². The summed E-state index contributed by atoms with van der Waals surface area (Å²) in [5, 5.41) is 3.17. The van der Waals surface area contributed by atoms with Crippen LogP contribution in [0.1, 0.15) is 50.0 Å². The minimum atomic E-state index is -4.74. The largest absolute Gasteiger partial charge is 0.573 e. The van der Waals surface area contributed by atoms with Crippen LogP contribution in [0.3, 0.4) is 0 Å². The number of likely N-dealkylation sites (N-methyl/N-ethyl adjacent to an activating group) is 1. The van der Waals surface area contributed by atoms with Crippen LogP contribution in [0.4, 0.5) is 19.1 Å². The van der Waals surface area contributed by atoms with Crippen LogP contribution in [0, 0.1) is 0 Å². The topological polar surface area (TPSA) is 70.6 Å². The van der Waals surface area contributed by atoms with Crippen LogP contribution >= 0.6 is 0 Å². The van der Waals surface area contributed by atoms with Gasteiger partial charge in [-0.3, -0.25) is 9.69 Å². The number of nitrogens with zero attached hydrogens (tertiary/aromatic N) is 4. The second-order valence-electron chi connectivity index (χ2n) is 10.7. The smallest absolute Gasteiger partial charge is 0.406 e. The van der Waals surface area contributed by atoms with Crippen LogP contribution in [0.5, 0.6) is 5.75 Å². The van der Waals surface area contributed by atoms with Gasteiger partial charge in [-0.2, -0.15) is 0 Å². The molecule has 208 valence electrons. The Morgan fingerprint density at radius 1 is 0.974 bits per heavy atom. The minimum Gasteiger partial charge on any atom is -0.406 e. The maximum Gasteiger partial charge on any atom is 0.573 e.